The van der Waals surface area contributed by atoms with Crippen molar-refractivity contribution in [1.29, 1.82) is 0 Å². The first-order valence-electron chi connectivity index (χ1n) is 12.8. The van der Waals surface area contributed by atoms with E-state index in [9.17, 15) is 14.4 Å². The first kappa shape index (κ1) is 27.5. The summed E-state index contributed by atoms with van der Waals surface area (Å²) in [6.45, 7) is 8.19. The molecular weight excluding hydrogens is 539 g/mol. The van der Waals surface area contributed by atoms with Crippen LogP contribution in [0.25, 0.3) is 0 Å². The van der Waals surface area contributed by atoms with Gasteiger partial charge in [-0.25, -0.2) is 4.79 Å². The Hall–Kier alpha value is -3.09. The summed E-state index contributed by atoms with van der Waals surface area (Å²) in [5, 5.41) is 0.567. The Bertz CT molecular complexity index is 1430. The molecule has 2 aliphatic carbocycles. The van der Waals surface area contributed by atoms with Gasteiger partial charge < -0.3 is 14.2 Å². The molecule has 0 saturated heterocycles. The monoisotopic (exact) mass is 568 g/mol. The molecule has 0 aromatic heterocycles. The molecule has 1 heterocycles. The first-order valence-corrected chi connectivity index (χ1v) is 13.6. The molecule has 0 unspecified atom stereocenters. The standard InChI is InChI=1S/C31H30Cl2O6/c1-30(2)12-20(34)27-24(14-30)38-25-15-31(3,4)13-21(35)28(25)26(27)16-7-9-22(23(11-16)37-5)39-29(36)17-6-8-18(32)19(33)10-17/h6-11,26H,12-15H2,1-5H3. The van der Waals surface area contributed by atoms with Gasteiger partial charge in [0.15, 0.2) is 23.1 Å². The van der Waals surface area contributed by atoms with Crippen LogP contribution in [0.15, 0.2) is 59.1 Å². The molecule has 0 spiro atoms. The number of rotatable bonds is 4. The Morgan fingerprint density at radius 1 is 0.821 bits per heavy atom. The van der Waals surface area contributed by atoms with Gasteiger partial charge in [-0.2, -0.15) is 0 Å². The molecule has 0 saturated carbocycles. The van der Waals surface area contributed by atoms with Crippen LogP contribution in [0.4, 0.5) is 0 Å². The minimum Gasteiger partial charge on any atom is -0.493 e. The van der Waals surface area contributed by atoms with Crippen LogP contribution in [0.2, 0.25) is 10.0 Å². The summed E-state index contributed by atoms with van der Waals surface area (Å²) < 4.78 is 17.6. The van der Waals surface area contributed by atoms with Gasteiger partial charge >= 0.3 is 5.97 Å². The van der Waals surface area contributed by atoms with Gasteiger partial charge in [-0.15, -0.1) is 0 Å². The van der Waals surface area contributed by atoms with Crippen molar-refractivity contribution in [3.8, 4) is 11.5 Å². The van der Waals surface area contributed by atoms with Crippen molar-refractivity contribution in [3.63, 3.8) is 0 Å². The number of hydrogen-bond donors (Lipinski definition) is 0. The number of benzene rings is 2. The van der Waals surface area contributed by atoms with Crippen molar-refractivity contribution >= 4 is 40.7 Å². The van der Waals surface area contributed by atoms with Gasteiger partial charge in [0.1, 0.15) is 11.5 Å². The lowest BCUT2D eigenvalue weighted by Gasteiger charge is -2.42. The third-order valence-corrected chi connectivity index (χ3v) is 8.20. The summed E-state index contributed by atoms with van der Waals surface area (Å²) in [6.07, 6.45) is 1.94. The zero-order valence-corrected chi connectivity index (χ0v) is 24.1. The molecule has 0 amide bonds. The molecule has 2 aromatic carbocycles. The molecule has 0 radical (unpaired) electrons. The van der Waals surface area contributed by atoms with Crippen LogP contribution in [0, 0.1) is 10.8 Å². The van der Waals surface area contributed by atoms with E-state index in [1.54, 1.807) is 18.2 Å². The van der Waals surface area contributed by atoms with E-state index < -0.39 is 11.9 Å². The van der Waals surface area contributed by atoms with Crippen LogP contribution in [0.5, 0.6) is 11.5 Å². The molecule has 5 rings (SSSR count). The summed E-state index contributed by atoms with van der Waals surface area (Å²) in [6, 6.07) is 9.59. The third-order valence-electron chi connectivity index (χ3n) is 7.46. The Morgan fingerprint density at radius 3 is 1.95 bits per heavy atom. The molecule has 6 nitrogen and oxygen atoms in total. The van der Waals surface area contributed by atoms with Crippen molar-refractivity contribution in [3.05, 3.63) is 80.2 Å². The van der Waals surface area contributed by atoms with Crippen LogP contribution < -0.4 is 9.47 Å². The smallest absolute Gasteiger partial charge is 0.343 e. The molecule has 0 atom stereocenters. The summed E-state index contributed by atoms with van der Waals surface area (Å²) >= 11 is 12.0. The van der Waals surface area contributed by atoms with Crippen LogP contribution in [-0.4, -0.2) is 24.6 Å². The second kappa shape index (κ2) is 9.83. The molecular formula is C31H30Cl2O6. The minimum absolute atomic E-state index is 0.0236. The molecule has 0 bridgehead atoms. The highest BCUT2D eigenvalue weighted by Crippen LogP contribution is 2.53. The van der Waals surface area contributed by atoms with Gasteiger partial charge in [-0.3, -0.25) is 9.59 Å². The summed E-state index contributed by atoms with van der Waals surface area (Å²) in [4.78, 5) is 39.9. The van der Waals surface area contributed by atoms with Crippen LogP contribution in [0.1, 0.15) is 75.2 Å². The van der Waals surface area contributed by atoms with Gasteiger partial charge in [0.2, 0.25) is 0 Å². The summed E-state index contributed by atoms with van der Waals surface area (Å²) in [5.41, 5.74) is 1.51. The Labute approximate surface area is 237 Å². The average Bonchev–Trinajstić information content (AvgIpc) is 2.83. The van der Waals surface area contributed by atoms with E-state index in [1.807, 2.05) is 27.7 Å². The number of carbonyl (C=O) groups is 3. The lowest BCUT2D eigenvalue weighted by molar-refractivity contribution is -0.120. The van der Waals surface area contributed by atoms with Crippen molar-refractivity contribution < 1.29 is 28.6 Å². The molecule has 0 fully saturated rings. The number of hydrogen-bond acceptors (Lipinski definition) is 6. The quantitative estimate of drug-likeness (QED) is 0.278. The highest BCUT2D eigenvalue weighted by atomic mass is 35.5. The molecule has 0 N–H and O–H groups in total. The lowest BCUT2D eigenvalue weighted by Crippen LogP contribution is -2.37. The van der Waals surface area contributed by atoms with Crippen molar-refractivity contribution in [2.45, 2.75) is 59.3 Å². The number of Topliss-reactive ketones (excluding diaryl/α,β-unsaturated/α-hetero) is 2. The van der Waals surface area contributed by atoms with Crippen molar-refractivity contribution in [2.75, 3.05) is 7.11 Å². The highest BCUT2D eigenvalue weighted by Gasteiger charge is 2.48. The van der Waals surface area contributed by atoms with Gasteiger partial charge in [0.05, 0.1) is 22.7 Å². The minimum atomic E-state index is -0.630. The van der Waals surface area contributed by atoms with E-state index in [1.165, 1.54) is 25.3 Å². The number of allylic oxidation sites excluding steroid dienone is 4. The Balaban J connectivity index is 1.57. The van der Waals surface area contributed by atoms with Crippen LogP contribution in [0.3, 0.4) is 0 Å². The molecule has 8 heteroatoms. The van der Waals surface area contributed by atoms with Gasteiger partial charge in [-0.1, -0.05) is 57.0 Å². The van der Waals surface area contributed by atoms with E-state index in [-0.39, 0.29) is 38.7 Å². The van der Waals surface area contributed by atoms with Gasteiger partial charge in [0.25, 0.3) is 0 Å². The van der Waals surface area contributed by atoms with Crippen molar-refractivity contribution in [2.24, 2.45) is 10.8 Å². The summed E-state index contributed by atoms with van der Waals surface area (Å²) in [7, 11) is 1.47. The predicted octanol–water partition coefficient (Wildman–Crippen LogP) is 7.62. The van der Waals surface area contributed by atoms with Crippen LogP contribution >= 0.6 is 23.2 Å². The predicted molar refractivity (Wildman–Crippen MR) is 148 cm³/mol. The number of halogens is 2. The fraction of sp³-hybridized carbons (Fsp3) is 0.387. The highest BCUT2D eigenvalue weighted by molar-refractivity contribution is 6.42. The van der Waals surface area contributed by atoms with Gasteiger partial charge in [0, 0.05) is 42.7 Å². The van der Waals surface area contributed by atoms with Crippen LogP contribution in [-0.2, 0) is 14.3 Å². The third kappa shape index (κ3) is 5.24. The number of ketones is 2. The van der Waals surface area contributed by atoms with E-state index >= 15 is 0 Å². The molecule has 204 valence electrons. The number of ether oxygens (including phenoxy) is 3. The van der Waals surface area contributed by atoms with E-state index in [0.29, 0.717) is 64.7 Å². The van der Waals surface area contributed by atoms with E-state index in [0.717, 1.165) is 0 Å². The molecule has 3 aliphatic rings. The van der Waals surface area contributed by atoms with E-state index in [2.05, 4.69) is 0 Å². The number of carbonyl (C=O) groups excluding carboxylic acids is 3. The average molecular weight is 569 g/mol. The Morgan fingerprint density at radius 2 is 1.41 bits per heavy atom. The molecule has 2 aromatic rings. The fourth-order valence-corrected chi connectivity index (χ4v) is 6.04. The normalized spacial score (nSPS) is 20.3. The van der Waals surface area contributed by atoms with E-state index in [4.69, 9.17) is 37.4 Å². The maximum absolute atomic E-state index is 13.5. The van der Waals surface area contributed by atoms with Gasteiger partial charge in [-0.05, 0) is 46.7 Å². The largest absolute Gasteiger partial charge is 0.493 e. The second-order valence-corrected chi connectivity index (χ2v) is 12.8. The fourth-order valence-electron chi connectivity index (χ4n) is 5.74. The maximum Gasteiger partial charge on any atom is 0.343 e. The topological polar surface area (TPSA) is 78.9 Å². The molecule has 39 heavy (non-hydrogen) atoms. The zero-order valence-electron chi connectivity index (χ0n) is 22.6. The Kier molecular flexibility index (Phi) is 6.92. The zero-order chi connectivity index (χ0) is 28.3. The lowest BCUT2D eigenvalue weighted by atomic mass is 9.65. The molecule has 1 aliphatic heterocycles. The second-order valence-electron chi connectivity index (χ2n) is 12.0. The number of methoxy groups -OCH3 is 1. The number of esters is 1. The van der Waals surface area contributed by atoms with Crippen molar-refractivity contribution in [1.82, 2.24) is 0 Å². The SMILES string of the molecule is COc1cc(C2C3=C(CC(C)(C)CC3=O)OC3=C2C(=O)CC(C)(C)C3)ccc1OC(=O)c1ccc(Cl)c(Cl)c1. The summed E-state index contributed by atoms with van der Waals surface area (Å²) in [5.74, 6) is 0.511. The maximum atomic E-state index is 13.5. The first-order chi connectivity index (χ1) is 18.3.